The third kappa shape index (κ3) is 2.60. The van der Waals surface area contributed by atoms with Crippen LogP contribution in [0.5, 0.6) is 0 Å². The quantitative estimate of drug-likeness (QED) is 0.572. The van der Waals surface area contributed by atoms with Crippen molar-refractivity contribution in [2.24, 2.45) is 0 Å². The average Bonchev–Trinajstić information content (AvgIpc) is 3.34. The van der Waals surface area contributed by atoms with Crippen molar-refractivity contribution in [1.29, 1.82) is 0 Å². The molecule has 1 aliphatic heterocycles. The van der Waals surface area contributed by atoms with Crippen LogP contribution in [0.1, 0.15) is 11.1 Å². The molecular weight excluding hydrogens is 324 g/mol. The van der Waals surface area contributed by atoms with E-state index < -0.39 is 0 Å². The number of hydrogen-bond acceptors (Lipinski definition) is 4. The van der Waals surface area contributed by atoms with Gasteiger partial charge in [-0.05, 0) is 24.0 Å². The average molecular weight is 342 g/mol. The molecule has 0 spiro atoms. The van der Waals surface area contributed by atoms with Gasteiger partial charge in [0.1, 0.15) is 11.4 Å². The van der Waals surface area contributed by atoms with E-state index in [0.717, 1.165) is 43.0 Å². The largest absolute Gasteiger partial charge is 0.252 e. The molecule has 1 aliphatic rings. The van der Waals surface area contributed by atoms with Gasteiger partial charge in [-0.1, -0.05) is 65.0 Å². The molecule has 3 heterocycles. The molecule has 128 valence electrons. The molecule has 0 fully saturated rings. The molecule has 5 rings (SSSR count). The summed E-state index contributed by atoms with van der Waals surface area (Å²) < 4.78 is 3.85. The molecule has 0 saturated heterocycles. The highest BCUT2D eigenvalue weighted by Crippen LogP contribution is 2.34. The third-order valence-corrected chi connectivity index (χ3v) is 4.85. The first kappa shape index (κ1) is 15.0. The normalized spacial score (nSPS) is 12.6. The summed E-state index contributed by atoms with van der Waals surface area (Å²) in [5, 5.41) is 17.4. The van der Waals surface area contributed by atoms with Gasteiger partial charge in [-0.25, -0.2) is 4.68 Å². The molecule has 26 heavy (non-hydrogen) atoms. The van der Waals surface area contributed by atoms with Gasteiger partial charge in [0.05, 0.1) is 11.9 Å². The van der Waals surface area contributed by atoms with Crippen molar-refractivity contribution >= 4 is 0 Å². The van der Waals surface area contributed by atoms with Gasteiger partial charge in [0.2, 0.25) is 0 Å². The van der Waals surface area contributed by atoms with Crippen LogP contribution in [0, 0.1) is 0 Å². The van der Waals surface area contributed by atoms with Gasteiger partial charge in [-0.15, -0.1) is 10.2 Å². The van der Waals surface area contributed by atoms with E-state index in [2.05, 4.69) is 69.2 Å². The highest BCUT2D eigenvalue weighted by Gasteiger charge is 2.24. The Morgan fingerprint density at radius 1 is 0.885 bits per heavy atom. The summed E-state index contributed by atoms with van der Waals surface area (Å²) in [6, 6.07) is 18.9. The molecule has 0 aliphatic carbocycles. The summed E-state index contributed by atoms with van der Waals surface area (Å²) in [5.41, 5.74) is 6.44. The van der Waals surface area contributed by atoms with E-state index in [-0.39, 0.29) is 0 Å². The molecule has 6 heteroatoms. The monoisotopic (exact) mass is 342 g/mol. The lowest BCUT2D eigenvalue weighted by Gasteiger charge is -2.17. The van der Waals surface area contributed by atoms with Gasteiger partial charge < -0.3 is 0 Å². The minimum absolute atomic E-state index is 0.774. The Balaban J connectivity index is 1.44. The number of rotatable bonds is 4. The molecular formula is C20H18N6. The number of aromatic nitrogens is 6. The fourth-order valence-electron chi connectivity index (χ4n) is 3.51. The molecule has 4 aromatic rings. The molecule has 0 atom stereocenters. The van der Waals surface area contributed by atoms with Crippen molar-refractivity contribution in [3.8, 4) is 22.6 Å². The minimum Gasteiger partial charge on any atom is -0.252 e. The Hall–Kier alpha value is -3.28. The van der Waals surface area contributed by atoms with E-state index in [1.165, 1.54) is 16.7 Å². The van der Waals surface area contributed by atoms with Crippen LogP contribution in [0.15, 0.2) is 60.8 Å². The number of benzene rings is 2. The Morgan fingerprint density at radius 3 is 2.65 bits per heavy atom. The van der Waals surface area contributed by atoms with Crippen LogP contribution in [0.2, 0.25) is 0 Å². The lowest BCUT2D eigenvalue weighted by molar-refractivity contribution is 0.583. The van der Waals surface area contributed by atoms with Crippen LogP contribution in [0.25, 0.3) is 22.6 Å². The number of nitrogens with zero attached hydrogens (tertiary/aromatic N) is 6. The molecule has 0 saturated carbocycles. The van der Waals surface area contributed by atoms with E-state index in [0.29, 0.717) is 0 Å². The lowest BCUT2D eigenvalue weighted by atomic mass is 9.97. The van der Waals surface area contributed by atoms with Crippen LogP contribution >= 0.6 is 0 Å². The molecule has 2 aromatic carbocycles. The van der Waals surface area contributed by atoms with Crippen LogP contribution in [-0.4, -0.2) is 30.0 Å². The molecule has 2 aromatic heterocycles. The SMILES string of the molecule is c1ccc(CCn2cc(-c3nnn4c3-c3ccccc3CC4)nn2)cc1. The second-order valence-electron chi connectivity index (χ2n) is 6.52. The van der Waals surface area contributed by atoms with Crippen LogP contribution in [0.3, 0.4) is 0 Å². The van der Waals surface area contributed by atoms with Crippen LogP contribution in [0.4, 0.5) is 0 Å². The standard InChI is InChI=1S/C20H18N6/c1-2-6-15(7-3-1)10-12-25-14-18(21-23-25)19-20-17-9-5-4-8-16(17)11-13-26(20)24-22-19/h1-9,14H,10-13H2. The lowest BCUT2D eigenvalue weighted by Crippen LogP contribution is -2.12. The van der Waals surface area contributed by atoms with E-state index in [9.17, 15) is 0 Å². The van der Waals surface area contributed by atoms with Gasteiger partial charge in [0, 0.05) is 18.7 Å². The summed E-state index contributed by atoms with van der Waals surface area (Å²) in [6.45, 7) is 1.64. The maximum Gasteiger partial charge on any atom is 0.142 e. The smallest absolute Gasteiger partial charge is 0.142 e. The van der Waals surface area contributed by atoms with Crippen molar-refractivity contribution in [3.05, 3.63) is 71.9 Å². The summed E-state index contributed by atoms with van der Waals surface area (Å²) in [5.74, 6) is 0. The van der Waals surface area contributed by atoms with Crippen molar-refractivity contribution in [2.75, 3.05) is 0 Å². The summed E-state index contributed by atoms with van der Waals surface area (Å²) in [7, 11) is 0. The highest BCUT2D eigenvalue weighted by atomic mass is 15.5. The zero-order chi connectivity index (χ0) is 17.3. The number of fused-ring (bicyclic) bond motifs is 3. The molecule has 0 bridgehead atoms. The minimum atomic E-state index is 0.774. The first-order chi connectivity index (χ1) is 12.9. The fraction of sp³-hybridized carbons (Fsp3) is 0.200. The van der Waals surface area contributed by atoms with Crippen LogP contribution < -0.4 is 0 Å². The van der Waals surface area contributed by atoms with Crippen LogP contribution in [-0.2, 0) is 25.9 Å². The predicted molar refractivity (Wildman–Crippen MR) is 98.3 cm³/mol. The Morgan fingerprint density at radius 2 is 1.73 bits per heavy atom. The fourth-order valence-corrected chi connectivity index (χ4v) is 3.51. The van der Waals surface area contributed by atoms with Gasteiger partial charge >= 0.3 is 0 Å². The Labute approximate surface area is 151 Å². The summed E-state index contributed by atoms with van der Waals surface area (Å²) in [4.78, 5) is 0. The number of hydrogen-bond donors (Lipinski definition) is 0. The third-order valence-electron chi connectivity index (χ3n) is 4.85. The molecule has 0 radical (unpaired) electrons. The van der Waals surface area contributed by atoms with Gasteiger partial charge in [-0.3, -0.25) is 4.68 Å². The number of aryl methyl sites for hydroxylation is 4. The molecule has 0 amide bonds. The van der Waals surface area contributed by atoms with Gasteiger partial charge in [0.25, 0.3) is 0 Å². The van der Waals surface area contributed by atoms with Crippen molar-refractivity contribution in [3.63, 3.8) is 0 Å². The Bertz CT molecular complexity index is 1050. The van der Waals surface area contributed by atoms with Crippen molar-refractivity contribution in [2.45, 2.75) is 25.9 Å². The molecule has 0 N–H and O–H groups in total. The first-order valence-corrected chi connectivity index (χ1v) is 8.85. The Kier molecular flexibility index (Phi) is 3.59. The summed E-state index contributed by atoms with van der Waals surface area (Å²) in [6.07, 6.45) is 3.87. The van der Waals surface area contributed by atoms with Gasteiger partial charge in [-0.2, -0.15) is 0 Å². The predicted octanol–water partition coefficient (Wildman–Crippen LogP) is 3.00. The second kappa shape index (κ2) is 6.22. The van der Waals surface area contributed by atoms with E-state index in [4.69, 9.17) is 0 Å². The molecule has 0 unspecified atom stereocenters. The maximum atomic E-state index is 4.40. The van der Waals surface area contributed by atoms with Crippen molar-refractivity contribution < 1.29 is 0 Å². The maximum absolute atomic E-state index is 4.40. The van der Waals surface area contributed by atoms with E-state index >= 15 is 0 Å². The first-order valence-electron chi connectivity index (χ1n) is 8.85. The van der Waals surface area contributed by atoms with E-state index in [1.807, 2.05) is 21.6 Å². The summed E-state index contributed by atoms with van der Waals surface area (Å²) >= 11 is 0. The van der Waals surface area contributed by atoms with Gasteiger partial charge in [0.15, 0.2) is 0 Å². The zero-order valence-corrected chi connectivity index (χ0v) is 14.3. The topological polar surface area (TPSA) is 61.4 Å². The highest BCUT2D eigenvalue weighted by molar-refractivity contribution is 5.78. The van der Waals surface area contributed by atoms with E-state index in [1.54, 1.807) is 0 Å². The zero-order valence-electron chi connectivity index (χ0n) is 14.3. The second-order valence-corrected chi connectivity index (χ2v) is 6.52. The van der Waals surface area contributed by atoms with Crippen molar-refractivity contribution in [1.82, 2.24) is 30.0 Å². The molecule has 6 nitrogen and oxygen atoms in total.